The Bertz CT molecular complexity index is 1090. The summed E-state index contributed by atoms with van der Waals surface area (Å²) < 4.78 is 0. The number of rotatable bonds is 10. The van der Waals surface area contributed by atoms with Crippen LogP contribution in [0, 0.1) is 0 Å². The third kappa shape index (κ3) is 5.78. The molecule has 0 aliphatic carbocycles. The van der Waals surface area contributed by atoms with Gasteiger partial charge >= 0.3 is 0 Å². The Balaban J connectivity index is 1.62. The Kier molecular flexibility index (Phi) is 8.43. The first-order valence-corrected chi connectivity index (χ1v) is 14.5. The van der Waals surface area contributed by atoms with Gasteiger partial charge in [-0.05, 0) is 66.9 Å². The van der Waals surface area contributed by atoms with Crippen molar-refractivity contribution in [2.45, 2.75) is 6.42 Å². The summed E-state index contributed by atoms with van der Waals surface area (Å²) in [6, 6.07) is 39.6. The Hall–Kier alpha value is -2.78. The molecule has 2 atom stereocenters. The monoisotopic (exact) mass is 464 g/mol. The van der Waals surface area contributed by atoms with Gasteiger partial charge in [0.05, 0.1) is 0 Å². The van der Waals surface area contributed by atoms with E-state index in [2.05, 4.69) is 122 Å². The summed E-state index contributed by atoms with van der Waals surface area (Å²) in [5, 5.41) is 5.75. The third-order valence-corrected chi connectivity index (χ3v) is 11.1. The summed E-state index contributed by atoms with van der Waals surface area (Å²) in [7, 11) is -0.877. The van der Waals surface area contributed by atoms with E-state index in [0.29, 0.717) is 0 Å². The second kappa shape index (κ2) is 11.9. The molecule has 0 saturated carbocycles. The Morgan fingerprint density at radius 1 is 0.485 bits per heavy atom. The molecule has 4 rings (SSSR count). The van der Waals surface area contributed by atoms with Gasteiger partial charge in [-0.15, -0.1) is 0 Å². The van der Waals surface area contributed by atoms with Crippen molar-refractivity contribution >= 4 is 49.2 Å². The minimum Gasteiger partial charge on any atom is -0.0984 e. The van der Waals surface area contributed by atoms with Gasteiger partial charge in [0.25, 0.3) is 0 Å². The molecule has 0 heterocycles. The van der Waals surface area contributed by atoms with Crippen LogP contribution in [0.1, 0.15) is 17.5 Å². The van der Waals surface area contributed by atoms with Gasteiger partial charge < -0.3 is 0 Å². The fourth-order valence-electron chi connectivity index (χ4n) is 4.19. The van der Waals surface area contributed by atoms with E-state index < -0.39 is 15.8 Å². The van der Waals surface area contributed by atoms with Crippen molar-refractivity contribution in [1.29, 1.82) is 0 Å². The summed E-state index contributed by atoms with van der Waals surface area (Å²) in [5.41, 5.74) is 2.52. The summed E-state index contributed by atoms with van der Waals surface area (Å²) in [5.74, 6) is 0. The maximum absolute atomic E-state index is 4.08. The highest BCUT2D eigenvalue weighted by Crippen LogP contribution is 2.40. The van der Waals surface area contributed by atoms with Crippen LogP contribution in [0.4, 0.5) is 0 Å². The van der Waals surface area contributed by atoms with Gasteiger partial charge in [-0.25, -0.2) is 0 Å². The summed E-state index contributed by atoms with van der Waals surface area (Å²) >= 11 is 0. The minimum absolute atomic E-state index is 0.438. The van der Waals surface area contributed by atoms with Crippen LogP contribution in [0.25, 0.3) is 12.2 Å². The molecular weight excluding hydrogens is 434 g/mol. The van der Waals surface area contributed by atoms with E-state index in [9.17, 15) is 0 Å². The first-order chi connectivity index (χ1) is 16.3. The highest BCUT2D eigenvalue weighted by Gasteiger charge is 2.19. The van der Waals surface area contributed by atoms with Crippen LogP contribution in [0.2, 0.25) is 0 Å². The number of hydrogen-bond donors (Lipinski definition) is 0. The molecule has 0 aliphatic rings. The van der Waals surface area contributed by atoms with Crippen LogP contribution in [0.3, 0.4) is 0 Å². The van der Waals surface area contributed by atoms with E-state index in [4.69, 9.17) is 0 Å². The topological polar surface area (TPSA) is 0 Å². The summed E-state index contributed by atoms with van der Waals surface area (Å²) in [6.45, 7) is 8.16. The van der Waals surface area contributed by atoms with Gasteiger partial charge in [0.15, 0.2) is 0 Å². The van der Waals surface area contributed by atoms with E-state index in [-0.39, 0.29) is 0 Å². The lowest BCUT2D eigenvalue weighted by Gasteiger charge is -2.24. The molecule has 2 unspecified atom stereocenters. The van der Waals surface area contributed by atoms with E-state index in [1.165, 1.54) is 51.1 Å². The quantitative estimate of drug-likeness (QED) is 0.223. The molecule has 4 aromatic rings. The fraction of sp³-hybridized carbons (Fsp3) is 0.0968. The maximum Gasteiger partial charge on any atom is -0.0123 e. The van der Waals surface area contributed by atoms with E-state index >= 15 is 0 Å². The van der Waals surface area contributed by atoms with Crippen LogP contribution in [-0.4, -0.2) is 12.3 Å². The lowest BCUT2D eigenvalue weighted by atomic mass is 10.2. The van der Waals surface area contributed by atoms with Gasteiger partial charge in [0.2, 0.25) is 0 Å². The molecule has 0 nitrogen and oxygen atoms in total. The van der Waals surface area contributed by atoms with Crippen molar-refractivity contribution in [2.75, 3.05) is 12.3 Å². The SMILES string of the molecule is C=Cc1ccccc1P(CCCP(c1ccccc1)c1ccccc1C=C)c1ccccc1. The van der Waals surface area contributed by atoms with Crippen molar-refractivity contribution in [2.24, 2.45) is 0 Å². The van der Waals surface area contributed by atoms with E-state index in [1.54, 1.807) is 0 Å². The molecule has 4 aromatic carbocycles. The normalized spacial score (nSPS) is 12.6. The Labute approximate surface area is 201 Å². The molecule has 33 heavy (non-hydrogen) atoms. The number of benzene rings is 4. The molecule has 0 aromatic heterocycles. The van der Waals surface area contributed by atoms with Crippen LogP contribution in [0.5, 0.6) is 0 Å². The van der Waals surface area contributed by atoms with E-state index in [0.717, 1.165) is 0 Å². The summed E-state index contributed by atoms with van der Waals surface area (Å²) in [4.78, 5) is 0. The van der Waals surface area contributed by atoms with Crippen LogP contribution < -0.4 is 21.2 Å². The standard InChI is InChI=1S/C31H30P2/c1-3-26-16-11-13-22-30(26)32(28-18-7-5-8-19-28)24-15-25-33(29-20-9-6-10-21-29)31-23-14-12-17-27(31)4-2/h3-14,16-23H,1-2,15,24-25H2. The number of hydrogen-bond acceptors (Lipinski definition) is 0. The van der Waals surface area contributed by atoms with Crippen LogP contribution >= 0.6 is 15.8 Å². The average molecular weight is 465 g/mol. The molecule has 0 saturated heterocycles. The predicted molar refractivity (Wildman–Crippen MR) is 153 cm³/mol. The van der Waals surface area contributed by atoms with Crippen LogP contribution in [0.15, 0.2) is 122 Å². The highest BCUT2D eigenvalue weighted by molar-refractivity contribution is 7.74. The highest BCUT2D eigenvalue weighted by atomic mass is 31.1. The molecule has 0 aliphatic heterocycles. The maximum atomic E-state index is 4.08. The van der Waals surface area contributed by atoms with Crippen LogP contribution in [-0.2, 0) is 0 Å². The molecular formula is C31H30P2. The molecule has 0 radical (unpaired) electrons. The van der Waals surface area contributed by atoms with Crippen molar-refractivity contribution < 1.29 is 0 Å². The molecule has 0 N–H and O–H groups in total. The second-order valence-corrected chi connectivity index (χ2v) is 12.5. The van der Waals surface area contributed by atoms with Gasteiger partial charge in [-0.3, -0.25) is 0 Å². The van der Waals surface area contributed by atoms with Crippen molar-refractivity contribution in [3.63, 3.8) is 0 Å². The Morgan fingerprint density at radius 2 is 0.848 bits per heavy atom. The van der Waals surface area contributed by atoms with Crippen molar-refractivity contribution in [3.8, 4) is 0 Å². The minimum atomic E-state index is -0.438. The first kappa shape index (κ1) is 23.4. The average Bonchev–Trinajstić information content (AvgIpc) is 2.90. The smallest absolute Gasteiger partial charge is 0.0123 e. The first-order valence-electron chi connectivity index (χ1n) is 11.4. The lowest BCUT2D eigenvalue weighted by Crippen LogP contribution is -2.19. The molecule has 0 fully saturated rings. The zero-order valence-electron chi connectivity index (χ0n) is 19.0. The molecule has 0 amide bonds. The van der Waals surface area contributed by atoms with Crippen molar-refractivity contribution in [3.05, 3.63) is 133 Å². The molecule has 0 bridgehead atoms. The molecule has 164 valence electrons. The zero-order chi connectivity index (χ0) is 22.9. The zero-order valence-corrected chi connectivity index (χ0v) is 20.8. The fourth-order valence-corrected chi connectivity index (χ4v) is 9.50. The van der Waals surface area contributed by atoms with Gasteiger partial charge in [0, 0.05) is 0 Å². The van der Waals surface area contributed by atoms with Gasteiger partial charge in [-0.1, -0.05) is 135 Å². The van der Waals surface area contributed by atoms with Gasteiger partial charge in [0.1, 0.15) is 0 Å². The third-order valence-electron chi connectivity index (χ3n) is 5.79. The summed E-state index contributed by atoms with van der Waals surface area (Å²) in [6.07, 6.45) is 7.53. The molecule has 2 heteroatoms. The Morgan fingerprint density at radius 3 is 1.24 bits per heavy atom. The largest absolute Gasteiger partial charge is 0.0984 e. The molecule has 0 spiro atoms. The lowest BCUT2D eigenvalue weighted by molar-refractivity contribution is 1.11. The van der Waals surface area contributed by atoms with Crippen molar-refractivity contribution in [1.82, 2.24) is 0 Å². The van der Waals surface area contributed by atoms with Gasteiger partial charge in [-0.2, -0.15) is 0 Å². The van der Waals surface area contributed by atoms with E-state index in [1.807, 2.05) is 12.2 Å². The second-order valence-electron chi connectivity index (χ2n) is 7.85. The predicted octanol–water partition coefficient (Wildman–Crippen LogP) is 6.93.